The van der Waals surface area contributed by atoms with E-state index in [0.717, 1.165) is 0 Å². The fourth-order valence-electron chi connectivity index (χ4n) is 1.56. The van der Waals surface area contributed by atoms with Crippen molar-refractivity contribution in [1.82, 2.24) is 0 Å². The van der Waals surface area contributed by atoms with E-state index in [9.17, 15) is 13.2 Å². The normalized spacial score (nSPS) is 9.81. The number of nitrogens with zero attached hydrogens (tertiary/aromatic N) is 2. The largest absolute Gasteiger partial charge is 0.451 e. The lowest BCUT2D eigenvalue weighted by Crippen LogP contribution is -2.03. The molecule has 0 N–H and O–H groups in total. The Hall–Kier alpha value is -2.70. The average molecular weight is 309 g/mol. The van der Waals surface area contributed by atoms with Gasteiger partial charge in [-0.2, -0.15) is 14.9 Å². The monoisotopic (exact) mass is 308 g/mol. The van der Waals surface area contributed by atoms with Crippen molar-refractivity contribution < 1.29 is 17.9 Å². The van der Waals surface area contributed by atoms with Crippen LogP contribution in [0.3, 0.4) is 0 Å². The standard InChI is InChI=1S/C14H4ClF3N2O/c15-7-1-3-8(4-2-7)21-14-12(17)10(6-20)9(5-19)11(16)13(14)18/h1-4H. The van der Waals surface area contributed by atoms with Crippen LogP contribution in [0.2, 0.25) is 5.02 Å². The first-order valence-corrected chi connectivity index (χ1v) is 5.81. The molecule has 0 fully saturated rings. The number of benzene rings is 2. The van der Waals surface area contributed by atoms with Gasteiger partial charge < -0.3 is 4.74 Å². The number of halogens is 4. The Balaban J connectivity index is 2.60. The second-order valence-electron chi connectivity index (χ2n) is 3.80. The molecule has 0 heterocycles. The summed E-state index contributed by atoms with van der Waals surface area (Å²) in [5.74, 6) is -5.86. The summed E-state index contributed by atoms with van der Waals surface area (Å²) in [6, 6.07) is 7.98. The smallest absolute Gasteiger partial charge is 0.205 e. The molecule has 2 rings (SSSR count). The summed E-state index contributed by atoms with van der Waals surface area (Å²) in [7, 11) is 0. The molecule has 0 aliphatic heterocycles. The molecule has 0 unspecified atom stereocenters. The highest BCUT2D eigenvalue weighted by atomic mass is 35.5. The number of ether oxygens (including phenoxy) is 1. The third kappa shape index (κ3) is 2.62. The molecule has 2 aromatic carbocycles. The van der Waals surface area contributed by atoms with E-state index in [1.54, 1.807) is 0 Å². The van der Waals surface area contributed by atoms with Crippen molar-refractivity contribution in [3.05, 3.63) is 57.9 Å². The molecule has 2 aromatic rings. The fraction of sp³-hybridized carbons (Fsp3) is 0. The van der Waals surface area contributed by atoms with Gasteiger partial charge in [-0.3, -0.25) is 0 Å². The molecule has 7 heteroatoms. The van der Waals surface area contributed by atoms with E-state index in [-0.39, 0.29) is 5.75 Å². The van der Waals surface area contributed by atoms with Crippen molar-refractivity contribution in [2.75, 3.05) is 0 Å². The minimum absolute atomic E-state index is 0.00908. The van der Waals surface area contributed by atoms with E-state index in [1.807, 2.05) is 0 Å². The molecule has 0 aliphatic rings. The summed E-state index contributed by atoms with van der Waals surface area (Å²) in [4.78, 5) is 0. The minimum Gasteiger partial charge on any atom is -0.451 e. The molecule has 0 radical (unpaired) electrons. The third-order valence-corrected chi connectivity index (χ3v) is 2.79. The highest BCUT2D eigenvalue weighted by Gasteiger charge is 2.26. The Labute approximate surface area is 122 Å². The summed E-state index contributed by atoms with van der Waals surface area (Å²) in [6.45, 7) is 0. The van der Waals surface area contributed by atoms with Crippen LogP contribution < -0.4 is 4.74 Å². The Bertz CT molecular complexity index is 792. The zero-order valence-corrected chi connectivity index (χ0v) is 10.9. The van der Waals surface area contributed by atoms with Crippen LogP contribution in [0.25, 0.3) is 0 Å². The lowest BCUT2D eigenvalue weighted by Gasteiger charge is -2.10. The fourth-order valence-corrected chi connectivity index (χ4v) is 1.68. The molecule has 0 aromatic heterocycles. The highest BCUT2D eigenvalue weighted by molar-refractivity contribution is 6.30. The summed E-state index contributed by atoms with van der Waals surface area (Å²) < 4.78 is 46.3. The van der Waals surface area contributed by atoms with Crippen LogP contribution in [0.1, 0.15) is 11.1 Å². The SMILES string of the molecule is N#Cc1c(F)c(F)c(Oc2ccc(Cl)cc2)c(F)c1C#N. The highest BCUT2D eigenvalue weighted by Crippen LogP contribution is 2.33. The number of rotatable bonds is 2. The molecule has 104 valence electrons. The molecule has 0 saturated heterocycles. The molecule has 3 nitrogen and oxygen atoms in total. The summed E-state index contributed by atoms with van der Waals surface area (Å²) in [5.41, 5.74) is -1.92. The van der Waals surface area contributed by atoms with Crippen molar-refractivity contribution in [2.24, 2.45) is 0 Å². The Morgan fingerprint density at radius 1 is 0.857 bits per heavy atom. The van der Waals surface area contributed by atoms with Crippen molar-refractivity contribution in [2.45, 2.75) is 0 Å². The molecule has 0 spiro atoms. The lowest BCUT2D eigenvalue weighted by atomic mass is 10.1. The lowest BCUT2D eigenvalue weighted by molar-refractivity contribution is 0.385. The molecule has 0 bridgehead atoms. The number of hydrogen-bond acceptors (Lipinski definition) is 3. The van der Waals surface area contributed by atoms with E-state index < -0.39 is 34.3 Å². The van der Waals surface area contributed by atoms with Gasteiger partial charge in [-0.1, -0.05) is 11.6 Å². The zero-order chi connectivity index (χ0) is 15.6. The van der Waals surface area contributed by atoms with E-state index in [4.69, 9.17) is 26.9 Å². The van der Waals surface area contributed by atoms with Gasteiger partial charge in [0.2, 0.25) is 11.6 Å². The first kappa shape index (κ1) is 14.7. The van der Waals surface area contributed by atoms with E-state index in [1.165, 1.54) is 36.4 Å². The Kier molecular flexibility index (Phi) is 4.02. The van der Waals surface area contributed by atoms with Gasteiger partial charge in [-0.25, -0.2) is 8.78 Å². The van der Waals surface area contributed by atoms with Crippen LogP contribution in [-0.2, 0) is 0 Å². The molecular formula is C14H4ClF3N2O. The van der Waals surface area contributed by atoms with Gasteiger partial charge in [0.15, 0.2) is 11.6 Å². The number of nitriles is 2. The Morgan fingerprint density at radius 3 is 1.90 bits per heavy atom. The maximum Gasteiger partial charge on any atom is 0.205 e. The van der Waals surface area contributed by atoms with Gasteiger partial charge in [-0.05, 0) is 24.3 Å². The average Bonchev–Trinajstić information content (AvgIpc) is 2.49. The van der Waals surface area contributed by atoms with Crippen molar-refractivity contribution >= 4 is 11.6 Å². The molecular weight excluding hydrogens is 305 g/mol. The summed E-state index contributed by atoms with van der Waals surface area (Å²) in [5, 5.41) is 17.8. The van der Waals surface area contributed by atoms with Gasteiger partial charge in [0.1, 0.15) is 29.0 Å². The van der Waals surface area contributed by atoms with Crippen molar-refractivity contribution in [3.8, 4) is 23.6 Å². The van der Waals surface area contributed by atoms with Crippen LogP contribution in [0.4, 0.5) is 13.2 Å². The van der Waals surface area contributed by atoms with Crippen LogP contribution in [0.5, 0.6) is 11.5 Å². The van der Waals surface area contributed by atoms with E-state index in [2.05, 4.69) is 0 Å². The van der Waals surface area contributed by atoms with Crippen LogP contribution in [-0.4, -0.2) is 0 Å². The van der Waals surface area contributed by atoms with Crippen LogP contribution in [0, 0.1) is 40.1 Å². The third-order valence-electron chi connectivity index (χ3n) is 2.54. The van der Waals surface area contributed by atoms with Gasteiger partial charge >= 0.3 is 0 Å². The molecule has 0 atom stereocenters. The van der Waals surface area contributed by atoms with Crippen molar-refractivity contribution in [3.63, 3.8) is 0 Å². The summed E-state index contributed by atoms with van der Waals surface area (Å²) >= 11 is 5.65. The van der Waals surface area contributed by atoms with Crippen LogP contribution in [0.15, 0.2) is 24.3 Å². The molecule has 0 aliphatic carbocycles. The van der Waals surface area contributed by atoms with Gasteiger partial charge in [0.05, 0.1) is 0 Å². The molecule has 0 amide bonds. The first-order valence-electron chi connectivity index (χ1n) is 5.43. The van der Waals surface area contributed by atoms with Gasteiger partial charge in [0.25, 0.3) is 0 Å². The predicted octanol–water partition coefficient (Wildman–Crippen LogP) is 4.29. The number of hydrogen-bond donors (Lipinski definition) is 0. The topological polar surface area (TPSA) is 56.8 Å². The van der Waals surface area contributed by atoms with Crippen molar-refractivity contribution in [1.29, 1.82) is 10.5 Å². The minimum atomic E-state index is -1.68. The molecule has 21 heavy (non-hydrogen) atoms. The Morgan fingerprint density at radius 2 is 1.38 bits per heavy atom. The first-order chi connectivity index (χ1) is 9.99. The predicted molar refractivity (Wildman–Crippen MR) is 67.3 cm³/mol. The summed E-state index contributed by atoms with van der Waals surface area (Å²) in [6.07, 6.45) is 0. The van der Waals surface area contributed by atoms with Crippen LogP contribution >= 0.6 is 11.6 Å². The quantitative estimate of drug-likeness (QED) is 0.777. The van der Waals surface area contributed by atoms with E-state index in [0.29, 0.717) is 5.02 Å². The zero-order valence-electron chi connectivity index (χ0n) is 10.1. The molecule has 0 saturated carbocycles. The van der Waals surface area contributed by atoms with E-state index >= 15 is 0 Å². The maximum atomic E-state index is 14.0. The second-order valence-corrected chi connectivity index (χ2v) is 4.24. The maximum absolute atomic E-state index is 14.0. The van der Waals surface area contributed by atoms with Gasteiger partial charge in [0, 0.05) is 5.02 Å². The van der Waals surface area contributed by atoms with Gasteiger partial charge in [-0.15, -0.1) is 0 Å². The second kappa shape index (κ2) is 5.74.